The van der Waals surface area contributed by atoms with Crippen LogP contribution in [0.15, 0.2) is 23.1 Å². The number of nitrogens with zero attached hydrogens (tertiary/aromatic N) is 3. The van der Waals surface area contributed by atoms with E-state index in [9.17, 15) is 4.79 Å². The predicted molar refractivity (Wildman–Crippen MR) is 82.9 cm³/mol. The standard InChI is InChI=1S/C15H26N4O/c1-17-8-3-5-14(12-17)18(2)9-4-10-19-11-13(16)6-7-15(19)20/h6-7,11,14H,3-5,8-10,12,16H2,1-2H3. The first-order valence-electron chi connectivity index (χ1n) is 7.41. The zero-order chi connectivity index (χ0) is 14.5. The SMILES string of the molecule is CN1CCCC(N(C)CCCn2cc(N)ccc2=O)C1. The number of nitrogens with two attached hydrogens (primary N) is 1. The van der Waals surface area contributed by atoms with Crippen molar-refractivity contribution in [2.45, 2.75) is 31.8 Å². The van der Waals surface area contributed by atoms with Crippen LogP contribution < -0.4 is 11.3 Å². The van der Waals surface area contributed by atoms with E-state index >= 15 is 0 Å². The Bertz CT molecular complexity index is 485. The van der Waals surface area contributed by atoms with Crippen molar-refractivity contribution in [1.29, 1.82) is 0 Å². The van der Waals surface area contributed by atoms with Gasteiger partial charge in [0.1, 0.15) is 0 Å². The summed E-state index contributed by atoms with van der Waals surface area (Å²) in [6.45, 7) is 4.11. The molecule has 0 amide bonds. The van der Waals surface area contributed by atoms with E-state index in [1.807, 2.05) is 0 Å². The van der Waals surface area contributed by atoms with E-state index in [4.69, 9.17) is 5.73 Å². The largest absolute Gasteiger partial charge is 0.398 e. The summed E-state index contributed by atoms with van der Waals surface area (Å²) in [7, 11) is 4.37. The molecule has 0 aliphatic carbocycles. The zero-order valence-electron chi connectivity index (χ0n) is 12.6. The van der Waals surface area contributed by atoms with E-state index in [1.165, 1.54) is 25.5 Å². The second-order valence-electron chi connectivity index (χ2n) is 5.89. The number of piperidine rings is 1. The summed E-state index contributed by atoms with van der Waals surface area (Å²) < 4.78 is 1.70. The molecule has 1 saturated heterocycles. The molecule has 5 heteroatoms. The van der Waals surface area contributed by atoms with Crippen LogP contribution in [-0.2, 0) is 6.54 Å². The monoisotopic (exact) mass is 278 g/mol. The molecule has 0 radical (unpaired) electrons. The number of hydrogen-bond acceptors (Lipinski definition) is 4. The van der Waals surface area contributed by atoms with Crippen LogP contribution in [-0.4, -0.2) is 54.1 Å². The first kappa shape index (κ1) is 15.1. The minimum Gasteiger partial charge on any atom is -0.398 e. The molecular formula is C15H26N4O. The van der Waals surface area contributed by atoms with E-state index in [1.54, 1.807) is 16.8 Å². The van der Waals surface area contributed by atoms with Crippen LogP contribution in [0.4, 0.5) is 5.69 Å². The maximum atomic E-state index is 11.7. The Morgan fingerprint density at radius 3 is 3.00 bits per heavy atom. The third kappa shape index (κ3) is 4.08. The van der Waals surface area contributed by atoms with Crippen LogP contribution in [0.2, 0.25) is 0 Å². The topological polar surface area (TPSA) is 54.5 Å². The van der Waals surface area contributed by atoms with E-state index < -0.39 is 0 Å². The average molecular weight is 278 g/mol. The Morgan fingerprint density at radius 1 is 1.45 bits per heavy atom. The molecule has 0 spiro atoms. The fraction of sp³-hybridized carbons (Fsp3) is 0.667. The van der Waals surface area contributed by atoms with Gasteiger partial charge in [0.05, 0.1) is 0 Å². The van der Waals surface area contributed by atoms with Gasteiger partial charge < -0.3 is 20.1 Å². The number of likely N-dealkylation sites (N-methyl/N-ethyl adjacent to an activating group) is 2. The van der Waals surface area contributed by atoms with Crippen LogP contribution >= 0.6 is 0 Å². The normalized spacial score (nSPS) is 20.4. The summed E-state index contributed by atoms with van der Waals surface area (Å²) in [4.78, 5) is 16.5. The summed E-state index contributed by atoms with van der Waals surface area (Å²) in [6.07, 6.45) is 5.26. The smallest absolute Gasteiger partial charge is 0.250 e. The van der Waals surface area contributed by atoms with Gasteiger partial charge >= 0.3 is 0 Å². The number of likely N-dealkylation sites (tertiary alicyclic amines) is 1. The minimum atomic E-state index is 0.0271. The second-order valence-corrected chi connectivity index (χ2v) is 5.89. The Morgan fingerprint density at radius 2 is 2.25 bits per heavy atom. The van der Waals surface area contributed by atoms with Gasteiger partial charge in [-0.1, -0.05) is 0 Å². The average Bonchev–Trinajstić information content (AvgIpc) is 2.42. The lowest BCUT2D eigenvalue weighted by atomic mass is 10.1. The summed E-state index contributed by atoms with van der Waals surface area (Å²) in [5.41, 5.74) is 6.39. The lowest BCUT2D eigenvalue weighted by Gasteiger charge is -2.35. The number of anilines is 1. The zero-order valence-corrected chi connectivity index (χ0v) is 12.6. The quantitative estimate of drug-likeness (QED) is 0.867. The van der Waals surface area contributed by atoms with Crippen molar-refractivity contribution in [2.24, 2.45) is 0 Å². The Hall–Kier alpha value is -1.33. The van der Waals surface area contributed by atoms with Crippen LogP contribution in [0.1, 0.15) is 19.3 Å². The first-order valence-corrected chi connectivity index (χ1v) is 7.41. The molecule has 0 bridgehead atoms. The molecule has 112 valence electrons. The molecule has 2 heterocycles. The number of rotatable bonds is 5. The maximum Gasteiger partial charge on any atom is 0.250 e. The van der Waals surface area contributed by atoms with Gasteiger partial charge in [0, 0.05) is 37.1 Å². The lowest BCUT2D eigenvalue weighted by molar-refractivity contribution is 0.132. The van der Waals surface area contributed by atoms with Crippen LogP contribution in [0.5, 0.6) is 0 Å². The molecule has 1 aliphatic heterocycles. The van der Waals surface area contributed by atoms with Crippen molar-refractivity contribution in [3.8, 4) is 0 Å². The molecular weight excluding hydrogens is 252 g/mol. The molecule has 1 atom stereocenters. The minimum absolute atomic E-state index is 0.0271. The molecule has 2 rings (SSSR count). The summed E-state index contributed by atoms with van der Waals surface area (Å²) in [5, 5.41) is 0. The highest BCUT2D eigenvalue weighted by Gasteiger charge is 2.20. The van der Waals surface area contributed by atoms with Crippen molar-refractivity contribution in [1.82, 2.24) is 14.4 Å². The lowest BCUT2D eigenvalue weighted by Crippen LogP contribution is -2.45. The van der Waals surface area contributed by atoms with E-state index in [-0.39, 0.29) is 5.56 Å². The molecule has 1 aromatic heterocycles. The van der Waals surface area contributed by atoms with Gasteiger partial charge in [0.15, 0.2) is 0 Å². The Balaban J connectivity index is 1.80. The third-order valence-electron chi connectivity index (χ3n) is 4.14. The highest BCUT2D eigenvalue weighted by molar-refractivity contribution is 5.33. The maximum absolute atomic E-state index is 11.7. The van der Waals surface area contributed by atoms with Gasteiger partial charge in [0.25, 0.3) is 5.56 Å². The summed E-state index contributed by atoms with van der Waals surface area (Å²) >= 11 is 0. The van der Waals surface area contributed by atoms with Gasteiger partial charge in [0.2, 0.25) is 0 Å². The van der Waals surface area contributed by atoms with Gasteiger partial charge in [-0.3, -0.25) is 4.79 Å². The number of aryl methyl sites for hydroxylation is 1. The number of aromatic nitrogens is 1. The number of hydrogen-bond donors (Lipinski definition) is 1. The predicted octanol–water partition coefficient (Wildman–Crippen LogP) is 0.847. The Labute approximate surface area is 121 Å². The number of pyridine rings is 1. The van der Waals surface area contributed by atoms with Gasteiger partial charge in [-0.2, -0.15) is 0 Å². The highest BCUT2D eigenvalue weighted by atomic mass is 16.1. The van der Waals surface area contributed by atoms with Crippen LogP contribution in [0.25, 0.3) is 0 Å². The Kier molecular flexibility index (Phi) is 5.20. The van der Waals surface area contributed by atoms with Gasteiger partial charge in [-0.05, 0) is 52.5 Å². The van der Waals surface area contributed by atoms with Crippen molar-refractivity contribution in [3.63, 3.8) is 0 Å². The molecule has 0 aromatic carbocycles. The summed E-state index contributed by atoms with van der Waals surface area (Å²) in [6, 6.07) is 3.84. The molecule has 1 unspecified atom stereocenters. The molecule has 5 nitrogen and oxygen atoms in total. The summed E-state index contributed by atoms with van der Waals surface area (Å²) in [5.74, 6) is 0. The van der Waals surface area contributed by atoms with Crippen molar-refractivity contribution in [2.75, 3.05) is 39.5 Å². The van der Waals surface area contributed by atoms with Gasteiger partial charge in [-0.15, -0.1) is 0 Å². The molecule has 1 aliphatic rings. The number of nitrogen functional groups attached to an aromatic ring is 1. The van der Waals surface area contributed by atoms with Gasteiger partial charge in [-0.25, -0.2) is 0 Å². The van der Waals surface area contributed by atoms with E-state index in [2.05, 4.69) is 23.9 Å². The fourth-order valence-electron chi connectivity index (χ4n) is 2.90. The van der Waals surface area contributed by atoms with Crippen molar-refractivity contribution in [3.05, 3.63) is 28.7 Å². The van der Waals surface area contributed by atoms with Crippen LogP contribution in [0, 0.1) is 0 Å². The molecule has 0 saturated carbocycles. The van der Waals surface area contributed by atoms with Crippen molar-refractivity contribution < 1.29 is 0 Å². The third-order valence-corrected chi connectivity index (χ3v) is 4.14. The van der Waals surface area contributed by atoms with Crippen molar-refractivity contribution >= 4 is 5.69 Å². The van der Waals surface area contributed by atoms with E-state index in [0.717, 1.165) is 26.1 Å². The molecule has 1 aromatic rings. The molecule has 1 fully saturated rings. The first-order chi connectivity index (χ1) is 9.56. The molecule has 20 heavy (non-hydrogen) atoms. The second kappa shape index (κ2) is 6.90. The molecule has 2 N–H and O–H groups in total. The highest BCUT2D eigenvalue weighted by Crippen LogP contribution is 2.13. The van der Waals surface area contributed by atoms with Crippen LogP contribution in [0.3, 0.4) is 0 Å². The van der Waals surface area contributed by atoms with E-state index in [0.29, 0.717) is 11.7 Å². The fourth-order valence-corrected chi connectivity index (χ4v) is 2.90.